The fourth-order valence-electron chi connectivity index (χ4n) is 1.45. The van der Waals surface area contributed by atoms with E-state index in [9.17, 15) is 13.2 Å². The zero-order valence-corrected chi connectivity index (χ0v) is 8.10. The highest BCUT2D eigenvalue weighted by molar-refractivity contribution is 5.11. The van der Waals surface area contributed by atoms with Gasteiger partial charge in [-0.3, -0.25) is 0 Å². The highest BCUT2D eigenvalue weighted by Gasteiger charge is 2.38. The first-order chi connectivity index (χ1) is 6.89. The highest BCUT2D eigenvalue weighted by Crippen LogP contribution is 2.37. The molecule has 1 aromatic rings. The molecule has 1 saturated carbocycles. The Hall–Kier alpha value is -0.970. The van der Waals surface area contributed by atoms with Gasteiger partial charge in [-0.15, -0.1) is 0 Å². The van der Waals surface area contributed by atoms with Crippen molar-refractivity contribution >= 4 is 0 Å². The third kappa shape index (κ3) is 2.53. The summed E-state index contributed by atoms with van der Waals surface area (Å²) in [5.74, 6) is -0.571. The molecular formula is C10H12F3NO. The lowest BCUT2D eigenvalue weighted by Crippen LogP contribution is -2.21. The van der Waals surface area contributed by atoms with Gasteiger partial charge >= 0.3 is 6.18 Å². The van der Waals surface area contributed by atoms with Gasteiger partial charge in [-0.2, -0.15) is 13.2 Å². The van der Waals surface area contributed by atoms with Gasteiger partial charge in [-0.1, -0.05) is 0 Å². The van der Waals surface area contributed by atoms with E-state index in [0.29, 0.717) is 18.6 Å². The van der Waals surface area contributed by atoms with Crippen molar-refractivity contribution in [2.24, 2.45) is 5.73 Å². The van der Waals surface area contributed by atoms with Crippen molar-refractivity contribution in [2.75, 3.05) is 0 Å². The Balaban J connectivity index is 1.95. The highest BCUT2D eigenvalue weighted by atomic mass is 19.4. The first-order valence-electron chi connectivity index (χ1n) is 4.84. The lowest BCUT2D eigenvalue weighted by atomic mass is 10.1. The van der Waals surface area contributed by atoms with Crippen molar-refractivity contribution in [3.05, 3.63) is 23.7 Å². The molecule has 0 spiro atoms. The molecule has 2 N–H and O–H groups in total. The zero-order chi connectivity index (χ0) is 11.1. The SMILES string of the molecule is NC1(CCc2ccc(C(F)(F)F)o2)CC1. The Morgan fingerprint density at radius 2 is 2.00 bits per heavy atom. The van der Waals surface area contributed by atoms with Crippen LogP contribution in [0.2, 0.25) is 0 Å². The standard InChI is InChI=1S/C10H12F3NO/c11-10(12,13)8-2-1-7(15-8)3-4-9(14)5-6-9/h1-2H,3-6,14H2. The number of halogens is 3. The Labute approximate surface area is 85.2 Å². The van der Waals surface area contributed by atoms with Crippen molar-refractivity contribution in [2.45, 2.75) is 37.4 Å². The molecule has 2 rings (SSSR count). The summed E-state index contributed by atoms with van der Waals surface area (Å²) in [5.41, 5.74) is 5.68. The van der Waals surface area contributed by atoms with E-state index in [0.717, 1.165) is 18.9 Å². The van der Waals surface area contributed by atoms with E-state index >= 15 is 0 Å². The van der Waals surface area contributed by atoms with Crippen molar-refractivity contribution < 1.29 is 17.6 Å². The zero-order valence-electron chi connectivity index (χ0n) is 8.10. The first-order valence-corrected chi connectivity index (χ1v) is 4.84. The lowest BCUT2D eigenvalue weighted by molar-refractivity contribution is -0.153. The summed E-state index contributed by atoms with van der Waals surface area (Å²) in [6, 6.07) is 2.33. The Morgan fingerprint density at radius 3 is 2.47 bits per heavy atom. The molecule has 84 valence electrons. The molecule has 0 aromatic carbocycles. The third-order valence-corrected chi connectivity index (χ3v) is 2.70. The number of furan rings is 1. The summed E-state index contributed by atoms with van der Waals surface area (Å²) in [6.07, 6.45) is -1.30. The maximum Gasteiger partial charge on any atom is 0.449 e. The topological polar surface area (TPSA) is 39.2 Å². The van der Waals surface area contributed by atoms with E-state index in [1.165, 1.54) is 6.07 Å². The molecule has 2 nitrogen and oxygen atoms in total. The number of hydrogen-bond acceptors (Lipinski definition) is 2. The molecule has 1 aliphatic rings. The average molecular weight is 219 g/mol. The van der Waals surface area contributed by atoms with Crippen LogP contribution in [0.4, 0.5) is 13.2 Å². The van der Waals surface area contributed by atoms with Crippen molar-refractivity contribution in [3.63, 3.8) is 0 Å². The van der Waals surface area contributed by atoms with Gasteiger partial charge < -0.3 is 10.2 Å². The van der Waals surface area contributed by atoms with E-state index in [-0.39, 0.29) is 5.54 Å². The largest absolute Gasteiger partial charge is 0.457 e. The summed E-state index contributed by atoms with van der Waals surface area (Å²) in [4.78, 5) is 0. The minimum Gasteiger partial charge on any atom is -0.457 e. The number of nitrogens with two attached hydrogens (primary N) is 1. The van der Waals surface area contributed by atoms with E-state index in [4.69, 9.17) is 10.2 Å². The summed E-state index contributed by atoms with van der Waals surface area (Å²) in [5, 5.41) is 0. The summed E-state index contributed by atoms with van der Waals surface area (Å²) >= 11 is 0. The van der Waals surface area contributed by atoms with Crippen LogP contribution in [0.5, 0.6) is 0 Å². The number of alkyl halides is 3. The normalized spacial score (nSPS) is 19.2. The second-order valence-electron chi connectivity index (χ2n) is 4.13. The second kappa shape index (κ2) is 3.27. The molecule has 0 aliphatic heterocycles. The molecule has 0 unspecified atom stereocenters. The van der Waals surface area contributed by atoms with Gasteiger partial charge in [0.05, 0.1) is 0 Å². The molecule has 0 saturated heterocycles. The predicted molar refractivity (Wildman–Crippen MR) is 48.2 cm³/mol. The quantitative estimate of drug-likeness (QED) is 0.848. The molecule has 0 bridgehead atoms. The minimum atomic E-state index is -4.39. The summed E-state index contributed by atoms with van der Waals surface area (Å²) in [7, 11) is 0. The van der Waals surface area contributed by atoms with Gasteiger partial charge in [0.15, 0.2) is 0 Å². The van der Waals surface area contributed by atoms with Gasteiger partial charge in [-0.25, -0.2) is 0 Å². The smallest absolute Gasteiger partial charge is 0.449 e. The van der Waals surface area contributed by atoms with Crippen molar-refractivity contribution in [3.8, 4) is 0 Å². The second-order valence-corrected chi connectivity index (χ2v) is 4.13. The van der Waals surface area contributed by atoms with E-state index < -0.39 is 11.9 Å². The van der Waals surface area contributed by atoms with Crippen LogP contribution in [-0.4, -0.2) is 5.54 Å². The molecule has 1 fully saturated rings. The van der Waals surface area contributed by atoms with Crippen LogP contribution in [0, 0.1) is 0 Å². The summed E-state index contributed by atoms with van der Waals surface area (Å²) in [6.45, 7) is 0. The molecule has 0 atom stereocenters. The first kappa shape index (κ1) is 10.5. The molecule has 15 heavy (non-hydrogen) atoms. The van der Waals surface area contributed by atoms with E-state index in [2.05, 4.69) is 0 Å². The van der Waals surface area contributed by atoms with Crippen LogP contribution in [0.15, 0.2) is 16.5 Å². The van der Waals surface area contributed by atoms with Crippen LogP contribution >= 0.6 is 0 Å². The predicted octanol–water partition coefficient (Wildman–Crippen LogP) is 2.72. The van der Waals surface area contributed by atoms with E-state index in [1.807, 2.05) is 0 Å². The maximum absolute atomic E-state index is 12.2. The number of aryl methyl sites for hydroxylation is 1. The molecule has 1 aromatic heterocycles. The Bertz CT molecular complexity index is 352. The van der Waals surface area contributed by atoms with Crippen LogP contribution in [0.1, 0.15) is 30.8 Å². The molecule has 1 aliphatic carbocycles. The lowest BCUT2D eigenvalue weighted by Gasteiger charge is -2.05. The monoisotopic (exact) mass is 219 g/mol. The number of hydrogen-bond donors (Lipinski definition) is 1. The Morgan fingerprint density at radius 1 is 1.33 bits per heavy atom. The van der Waals surface area contributed by atoms with Gasteiger partial charge in [0.25, 0.3) is 0 Å². The third-order valence-electron chi connectivity index (χ3n) is 2.70. The van der Waals surface area contributed by atoms with Gasteiger partial charge in [0, 0.05) is 12.0 Å². The average Bonchev–Trinajstić information content (AvgIpc) is 2.66. The molecule has 5 heteroatoms. The van der Waals surface area contributed by atoms with Crippen LogP contribution < -0.4 is 5.73 Å². The fourth-order valence-corrected chi connectivity index (χ4v) is 1.45. The van der Waals surface area contributed by atoms with Gasteiger partial charge in [-0.05, 0) is 31.4 Å². The Kier molecular flexibility index (Phi) is 2.30. The van der Waals surface area contributed by atoms with Crippen LogP contribution in [0.3, 0.4) is 0 Å². The minimum absolute atomic E-state index is 0.148. The van der Waals surface area contributed by atoms with Gasteiger partial charge in [0.1, 0.15) is 5.76 Å². The molecule has 1 heterocycles. The molecule has 0 radical (unpaired) electrons. The number of rotatable bonds is 3. The molecule has 0 amide bonds. The summed E-state index contributed by atoms with van der Waals surface area (Å²) < 4.78 is 41.2. The van der Waals surface area contributed by atoms with Gasteiger partial charge in [0.2, 0.25) is 5.76 Å². The maximum atomic E-state index is 12.2. The van der Waals surface area contributed by atoms with E-state index in [1.54, 1.807) is 0 Å². The van der Waals surface area contributed by atoms with Crippen LogP contribution in [-0.2, 0) is 12.6 Å². The van der Waals surface area contributed by atoms with Crippen molar-refractivity contribution in [1.29, 1.82) is 0 Å². The van der Waals surface area contributed by atoms with Crippen molar-refractivity contribution in [1.82, 2.24) is 0 Å². The van der Waals surface area contributed by atoms with Crippen LogP contribution in [0.25, 0.3) is 0 Å². The molecular weight excluding hydrogens is 207 g/mol. The fraction of sp³-hybridized carbons (Fsp3) is 0.600.